The van der Waals surface area contributed by atoms with Crippen LogP contribution in [0.2, 0.25) is 0 Å². The zero-order valence-electron chi connectivity index (χ0n) is 12.3. The van der Waals surface area contributed by atoms with E-state index in [0.29, 0.717) is 6.42 Å². The van der Waals surface area contributed by atoms with Crippen molar-refractivity contribution in [1.82, 2.24) is 4.90 Å². The molecule has 0 spiro atoms. The van der Waals surface area contributed by atoms with Crippen molar-refractivity contribution >= 4 is 0 Å². The van der Waals surface area contributed by atoms with Gasteiger partial charge in [0.05, 0.1) is 12.1 Å². The quantitative estimate of drug-likeness (QED) is 0.819. The van der Waals surface area contributed by atoms with Crippen molar-refractivity contribution in [2.75, 3.05) is 13.1 Å². The van der Waals surface area contributed by atoms with E-state index < -0.39 is 0 Å². The van der Waals surface area contributed by atoms with Gasteiger partial charge in [0.1, 0.15) is 0 Å². The van der Waals surface area contributed by atoms with Crippen molar-refractivity contribution in [2.45, 2.75) is 45.7 Å². The van der Waals surface area contributed by atoms with Crippen LogP contribution in [0.5, 0.6) is 0 Å². The first-order valence-corrected chi connectivity index (χ1v) is 7.07. The molecular formula is C16H25N3. The molecule has 3 nitrogen and oxygen atoms in total. The summed E-state index contributed by atoms with van der Waals surface area (Å²) in [5, 5.41) is 8.81. The van der Waals surface area contributed by atoms with Crippen molar-refractivity contribution in [3.8, 4) is 6.07 Å². The van der Waals surface area contributed by atoms with Crippen LogP contribution >= 0.6 is 0 Å². The van der Waals surface area contributed by atoms with E-state index in [-0.39, 0.29) is 12.1 Å². The Morgan fingerprint density at radius 1 is 1.32 bits per heavy atom. The van der Waals surface area contributed by atoms with Gasteiger partial charge in [-0.2, -0.15) is 5.26 Å². The van der Waals surface area contributed by atoms with Gasteiger partial charge in [0.2, 0.25) is 0 Å². The van der Waals surface area contributed by atoms with Crippen LogP contribution in [0, 0.1) is 18.3 Å². The van der Waals surface area contributed by atoms with Crippen molar-refractivity contribution in [2.24, 2.45) is 5.73 Å². The molecule has 0 saturated carbocycles. The maximum Gasteiger partial charge on any atom is 0.0635 e. The molecule has 0 aromatic heterocycles. The summed E-state index contributed by atoms with van der Waals surface area (Å²) >= 11 is 0. The number of nitrogens with zero attached hydrogens (tertiary/aromatic N) is 2. The summed E-state index contributed by atoms with van der Waals surface area (Å²) < 4.78 is 0. The standard InChI is InChI=1S/C16H25N3/c1-4-15(18)16(19(5-2)12-8-11-17)14-10-7-6-9-13(14)3/h6-7,9-10,15-16H,4-5,8,12,18H2,1-3H3. The van der Waals surface area contributed by atoms with Crippen LogP contribution in [0.1, 0.15) is 43.9 Å². The number of benzene rings is 1. The largest absolute Gasteiger partial charge is 0.326 e. The van der Waals surface area contributed by atoms with Crippen LogP contribution in [0.15, 0.2) is 24.3 Å². The van der Waals surface area contributed by atoms with E-state index in [4.69, 9.17) is 11.0 Å². The van der Waals surface area contributed by atoms with Gasteiger partial charge < -0.3 is 5.73 Å². The van der Waals surface area contributed by atoms with Gasteiger partial charge in [-0.05, 0) is 31.0 Å². The predicted octanol–water partition coefficient (Wildman–Crippen LogP) is 3.01. The Kier molecular flexibility index (Phi) is 6.55. The number of nitrogens with two attached hydrogens (primary N) is 1. The van der Waals surface area contributed by atoms with Gasteiger partial charge >= 0.3 is 0 Å². The second kappa shape index (κ2) is 7.93. The molecule has 2 N–H and O–H groups in total. The first kappa shape index (κ1) is 15.7. The molecule has 0 saturated heterocycles. The number of hydrogen-bond acceptors (Lipinski definition) is 3. The fourth-order valence-electron chi connectivity index (χ4n) is 2.53. The van der Waals surface area contributed by atoms with E-state index >= 15 is 0 Å². The highest BCUT2D eigenvalue weighted by Crippen LogP contribution is 2.27. The van der Waals surface area contributed by atoms with Gasteiger partial charge in [-0.25, -0.2) is 0 Å². The first-order valence-electron chi connectivity index (χ1n) is 7.07. The molecule has 1 aromatic carbocycles. The minimum atomic E-state index is 0.0970. The third-order valence-electron chi connectivity index (χ3n) is 3.69. The molecule has 0 aliphatic carbocycles. The Morgan fingerprint density at radius 2 is 2.00 bits per heavy atom. The predicted molar refractivity (Wildman–Crippen MR) is 79.7 cm³/mol. The lowest BCUT2D eigenvalue weighted by atomic mass is 9.92. The minimum absolute atomic E-state index is 0.0970. The molecule has 19 heavy (non-hydrogen) atoms. The summed E-state index contributed by atoms with van der Waals surface area (Å²) in [6.07, 6.45) is 1.48. The van der Waals surface area contributed by atoms with Gasteiger partial charge in [-0.1, -0.05) is 38.1 Å². The van der Waals surface area contributed by atoms with Gasteiger partial charge in [-0.3, -0.25) is 4.90 Å². The van der Waals surface area contributed by atoms with Crippen LogP contribution in [0.4, 0.5) is 0 Å². The first-order chi connectivity index (χ1) is 9.15. The lowest BCUT2D eigenvalue weighted by Crippen LogP contribution is -2.41. The molecule has 0 aliphatic rings. The number of nitriles is 1. The fraction of sp³-hybridized carbons (Fsp3) is 0.562. The second-order valence-electron chi connectivity index (χ2n) is 4.91. The summed E-state index contributed by atoms with van der Waals surface area (Å²) in [6, 6.07) is 10.9. The zero-order chi connectivity index (χ0) is 14.3. The number of aryl methyl sites for hydroxylation is 1. The SMILES string of the molecule is CCC(N)C(c1ccccc1C)N(CC)CCC#N. The Morgan fingerprint density at radius 3 is 2.53 bits per heavy atom. The summed E-state index contributed by atoms with van der Waals surface area (Å²) in [7, 11) is 0. The summed E-state index contributed by atoms with van der Waals surface area (Å²) in [4.78, 5) is 2.32. The Bertz CT molecular complexity index is 422. The Balaban J connectivity index is 3.07. The highest BCUT2D eigenvalue weighted by atomic mass is 15.2. The lowest BCUT2D eigenvalue weighted by molar-refractivity contribution is 0.181. The topological polar surface area (TPSA) is 53.0 Å². The number of likely N-dealkylation sites (N-methyl/N-ethyl adjacent to an activating group) is 1. The van der Waals surface area contributed by atoms with Crippen LogP contribution in [0.25, 0.3) is 0 Å². The molecule has 0 heterocycles. The Labute approximate surface area is 117 Å². The Hall–Kier alpha value is -1.37. The van der Waals surface area contributed by atoms with Gasteiger partial charge in [0, 0.05) is 19.0 Å². The molecule has 0 fully saturated rings. The molecule has 1 rings (SSSR count). The third kappa shape index (κ3) is 4.05. The summed E-state index contributed by atoms with van der Waals surface area (Å²) in [6.45, 7) is 8.07. The van der Waals surface area contributed by atoms with Crippen molar-refractivity contribution in [3.63, 3.8) is 0 Å². The smallest absolute Gasteiger partial charge is 0.0635 e. The van der Waals surface area contributed by atoms with Gasteiger partial charge in [-0.15, -0.1) is 0 Å². The molecule has 2 unspecified atom stereocenters. The molecule has 104 valence electrons. The minimum Gasteiger partial charge on any atom is -0.326 e. The second-order valence-corrected chi connectivity index (χ2v) is 4.91. The van der Waals surface area contributed by atoms with E-state index in [1.54, 1.807) is 0 Å². The normalized spacial score (nSPS) is 14.1. The van der Waals surface area contributed by atoms with E-state index in [2.05, 4.69) is 56.0 Å². The molecule has 1 aromatic rings. The molecule has 3 heteroatoms. The molecule has 0 aliphatic heterocycles. The number of rotatable bonds is 7. The fourth-order valence-corrected chi connectivity index (χ4v) is 2.53. The van der Waals surface area contributed by atoms with Crippen molar-refractivity contribution in [1.29, 1.82) is 5.26 Å². The van der Waals surface area contributed by atoms with E-state index in [0.717, 1.165) is 19.5 Å². The highest BCUT2D eigenvalue weighted by molar-refractivity contribution is 5.30. The average molecular weight is 259 g/mol. The summed E-state index contributed by atoms with van der Waals surface area (Å²) in [5.41, 5.74) is 8.90. The zero-order valence-corrected chi connectivity index (χ0v) is 12.3. The van der Waals surface area contributed by atoms with Crippen LogP contribution in [-0.2, 0) is 0 Å². The summed E-state index contributed by atoms with van der Waals surface area (Å²) in [5.74, 6) is 0. The molecular weight excluding hydrogens is 234 g/mol. The van der Waals surface area contributed by atoms with Crippen LogP contribution in [0.3, 0.4) is 0 Å². The van der Waals surface area contributed by atoms with Gasteiger partial charge in [0.25, 0.3) is 0 Å². The van der Waals surface area contributed by atoms with E-state index in [9.17, 15) is 0 Å². The highest BCUT2D eigenvalue weighted by Gasteiger charge is 2.25. The number of hydrogen-bond donors (Lipinski definition) is 1. The van der Waals surface area contributed by atoms with E-state index in [1.807, 2.05) is 0 Å². The third-order valence-corrected chi connectivity index (χ3v) is 3.69. The van der Waals surface area contributed by atoms with Crippen LogP contribution < -0.4 is 5.73 Å². The molecule has 0 bridgehead atoms. The van der Waals surface area contributed by atoms with Crippen molar-refractivity contribution in [3.05, 3.63) is 35.4 Å². The van der Waals surface area contributed by atoms with Crippen molar-refractivity contribution < 1.29 is 0 Å². The van der Waals surface area contributed by atoms with Crippen LogP contribution in [-0.4, -0.2) is 24.0 Å². The molecule has 0 amide bonds. The van der Waals surface area contributed by atoms with Gasteiger partial charge in [0.15, 0.2) is 0 Å². The maximum atomic E-state index is 8.81. The maximum absolute atomic E-state index is 8.81. The molecule has 2 atom stereocenters. The molecule has 0 radical (unpaired) electrons. The lowest BCUT2D eigenvalue weighted by Gasteiger charge is -2.35. The average Bonchev–Trinajstić information content (AvgIpc) is 2.44. The monoisotopic (exact) mass is 259 g/mol. The van der Waals surface area contributed by atoms with E-state index in [1.165, 1.54) is 11.1 Å².